The van der Waals surface area contributed by atoms with Crippen molar-refractivity contribution in [1.29, 1.82) is 0 Å². The highest BCUT2D eigenvalue weighted by Crippen LogP contribution is 2.58. The summed E-state index contributed by atoms with van der Waals surface area (Å²) in [4.78, 5) is 0. The van der Waals surface area contributed by atoms with Crippen molar-refractivity contribution in [1.82, 2.24) is 5.32 Å². The molecule has 0 aromatic heterocycles. The Hall–Kier alpha value is -1.90. The largest absolute Gasteiger partial charge is 0.493 e. The van der Waals surface area contributed by atoms with Crippen LogP contribution < -0.4 is 29.0 Å². The van der Waals surface area contributed by atoms with Crippen molar-refractivity contribution < 1.29 is 23.7 Å². The van der Waals surface area contributed by atoms with Gasteiger partial charge in [0, 0.05) is 18.0 Å². The Morgan fingerprint density at radius 2 is 1.28 bits per heavy atom. The van der Waals surface area contributed by atoms with Gasteiger partial charge in [-0.3, -0.25) is 0 Å². The van der Waals surface area contributed by atoms with Crippen LogP contribution in [0.5, 0.6) is 28.7 Å². The second-order valence-corrected chi connectivity index (χ2v) is 13.6. The molecule has 1 saturated carbocycles. The normalized spacial score (nSPS) is 19.7. The van der Waals surface area contributed by atoms with E-state index in [1.165, 1.54) is 43.2 Å². The second kappa shape index (κ2) is 13.2. The molecule has 2 aliphatic rings. The quantitative estimate of drug-likeness (QED) is 0.294. The Kier molecular flexibility index (Phi) is 10.2. The van der Waals surface area contributed by atoms with Gasteiger partial charge in [-0.05, 0) is 79.0 Å². The Labute approximate surface area is 243 Å². The van der Waals surface area contributed by atoms with E-state index in [0.717, 1.165) is 29.5 Å². The first-order valence-corrected chi connectivity index (χ1v) is 15.9. The van der Waals surface area contributed by atoms with Gasteiger partial charge in [-0.25, -0.2) is 0 Å². The fraction of sp³-hybridized carbons (Fsp3) is 0.613. The fourth-order valence-electron chi connectivity index (χ4n) is 6.17. The standard InChI is InChI=1S/C31H45NO5S2/c1-21(31(38-15-10-16-39-31)24-18-27(35-5)29(37-7)28(19-24)36-6)22(2)32-20-30(13-8-9-14-30)23-11-12-25(33-3)26(17-23)34-4/h11-12,17-19,21-22,32H,8-10,13-16,20H2,1-7H3. The number of hydrogen-bond acceptors (Lipinski definition) is 8. The van der Waals surface area contributed by atoms with Gasteiger partial charge in [-0.15, -0.1) is 23.5 Å². The molecule has 6 nitrogen and oxygen atoms in total. The monoisotopic (exact) mass is 575 g/mol. The molecule has 8 heteroatoms. The average Bonchev–Trinajstić information content (AvgIpc) is 3.48. The Morgan fingerprint density at radius 3 is 1.82 bits per heavy atom. The first kappa shape index (κ1) is 30.1. The molecule has 2 unspecified atom stereocenters. The summed E-state index contributed by atoms with van der Waals surface area (Å²) in [6.07, 6.45) is 6.08. The van der Waals surface area contributed by atoms with Crippen LogP contribution in [0.4, 0.5) is 0 Å². The summed E-state index contributed by atoms with van der Waals surface area (Å²) in [6, 6.07) is 11.1. The maximum Gasteiger partial charge on any atom is 0.203 e. The number of nitrogens with one attached hydrogen (secondary N) is 1. The van der Waals surface area contributed by atoms with E-state index in [-0.39, 0.29) is 9.49 Å². The molecular formula is C31H45NO5S2. The summed E-state index contributed by atoms with van der Waals surface area (Å²) < 4.78 is 28.2. The van der Waals surface area contributed by atoms with E-state index < -0.39 is 0 Å². The first-order chi connectivity index (χ1) is 18.9. The van der Waals surface area contributed by atoms with Crippen LogP contribution in [-0.4, -0.2) is 59.6 Å². The summed E-state index contributed by atoms with van der Waals surface area (Å²) >= 11 is 4.11. The van der Waals surface area contributed by atoms with Crippen molar-refractivity contribution in [2.45, 2.75) is 61.5 Å². The molecule has 216 valence electrons. The van der Waals surface area contributed by atoms with Gasteiger partial charge in [-0.1, -0.05) is 25.8 Å². The molecule has 2 aromatic carbocycles. The van der Waals surface area contributed by atoms with E-state index >= 15 is 0 Å². The van der Waals surface area contributed by atoms with E-state index in [1.807, 2.05) is 0 Å². The third kappa shape index (κ3) is 5.94. The molecule has 0 spiro atoms. The van der Waals surface area contributed by atoms with E-state index in [0.29, 0.717) is 29.2 Å². The highest BCUT2D eigenvalue weighted by Gasteiger charge is 2.45. The summed E-state index contributed by atoms with van der Waals surface area (Å²) in [6.45, 7) is 5.68. The minimum atomic E-state index is -0.121. The third-order valence-electron chi connectivity index (χ3n) is 8.66. The maximum absolute atomic E-state index is 5.75. The predicted octanol–water partition coefficient (Wildman–Crippen LogP) is 6.88. The lowest BCUT2D eigenvalue weighted by Crippen LogP contribution is -2.47. The topological polar surface area (TPSA) is 58.2 Å². The molecule has 2 fully saturated rings. The Balaban J connectivity index is 1.62. The molecule has 1 aliphatic heterocycles. The van der Waals surface area contributed by atoms with Crippen molar-refractivity contribution in [3.05, 3.63) is 41.5 Å². The number of hydrogen-bond donors (Lipinski definition) is 1. The molecule has 1 N–H and O–H groups in total. The molecule has 2 aromatic rings. The van der Waals surface area contributed by atoms with Crippen LogP contribution in [0, 0.1) is 5.92 Å². The predicted molar refractivity (Wildman–Crippen MR) is 164 cm³/mol. The molecule has 0 amide bonds. The van der Waals surface area contributed by atoms with E-state index in [4.69, 9.17) is 23.7 Å². The third-order valence-corrected chi connectivity index (χ3v) is 12.4. The summed E-state index contributed by atoms with van der Waals surface area (Å²) in [7, 11) is 8.45. The first-order valence-electron chi connectivity index (χ1n) is 13.9. The molecule has 4 rings (SSSR count). The highest BCUT2D eigenvalue weighted by atomic mass is 32.2. The van der Waals surface area contributed by atoms with Gasteiger partial charge in [0.05, 0.1) is 39.6 Å². The number of ether oxygens (including phenoxy) is 5. The minimum absolute atomic E-state index is 0.0973. The lowest BCUT2D eigenvalue weighted by Gasteiger charge is -2.45. The van der Waals surface area contributed by atoms with E-state index in [1.54, 1.807) is 35.5 Å². The zero-order chi connectivity index (χ0) is 28.0. The number of thioether (sulfide) groups is 2. The van der Waals surface area contributed by atoms with Crippen molar-refractivity contribution in [3.8, 4) is 28.7 Å². The number of rotatable bonds is 12. The zero-order valence-electron chi connectivity index (χ0n) is 24.6. The molecule has 2 atom stereocenters. The second-order valence-electron chi connectivity index (χ2n) is 10.6. The molecule has 39 heavy (non-hydrogen) atoms. The molecule has 0 radical (unpaired) electrons. The Morgan fingerprint density at radius 1 is 0.718 bits per heavy atom. The fourth-order valence-corrected chi connectivity index (χ4v) is 9.87. The Bertz CT molecular complexity index is 1070. The van der Waals surface area contributed by atoms with Gasteiger partial charge in [0.2, 0.25) is 5.75 Å². The minimum Gasteiger partial charge on any atom is -0.493 e. The molecule has 1 heterocycles. The SMILES string of the molecule is COc1ccc(C2(CNC(C)C(C)C3(c4cc(OC)c(OC)c(OC)c4)SCCCS3)CCCC2)cc1OC. The van der Waals surface area contributed by atoms with E-state index in [2.05, 4.69) is 73.0 Å². The lowest BCUT2D eigenvalue weighted by atomic mass is 9.78. The lowest BCUT2D eigenvalue weighted by molar-refractivity contribution is 0.313. The van der Waals surface area contributed by atoms with Gasteiger partial charge in [0.15, 0.2) is 23.0 Å². The molecular weight excluding hydrogens is 530 g/mol. The molecule has 1 aliphatic carbocycles. The number of benzene rings is 2. The van der Waals surface area contributed by atoms with Crippen LogP contribution in [0.3, 0.4) is 0 Å². The van der Waals surface area contributed by atoms with Crippen molar-refractivity contribution in [3.63, 3.8) is 0 Å². The van der Waals surface area contributed by atoms with Crippen molar-refractivity contribution in [2.75, 3.05) is 53.6 Å². The summed E-state index contributed by atoms with van der Waals surface area (Å²) in [5.41, 5.74) is 2.66. The van der Waals surface area contributed by atoms with Crippen LogP contribution in [0.1, 0.15) is 57.1 Å². The van der Waals surface area contributed by atoms with Crippen molar-refractivity contribution in [2.24, 2.45) is 5.92 Å². The van der Waals surface area contributed by atoms with Gasteiger partial charge in [0.1, 0.15) is 0 Å². The summed E-state index contributed by atoms with van der Waals surface area (Å²) in [5, 5.41) is 4.02. The summed E-state index contributed by atoms with van der Waals surface area (Å²) in [5.74, 6) is 6.27. The molecule has 1 saturated heterocycles. The average molecular weight is 576 g/mol. The van der Waals surface area contributed by atoms with Gasteiger partial charge >= 0.3 is 0 Å². The smallest absolute Gasteiger partial charge is 0.203 e. The maximum atomic E-state index is 5.75. The molecule has 0 bridgehead atoms. The van der Waals surface area contributed by atoms with Gasteiger partial charge in [-0.2, -0.15) is 0 Å². The van der Waals surface area contributed by atoms with Gasteiger partial charge < -0.3 is 29.0 Å². The van der Waals surface area contributed by atoms with Gasteiger partial charge in [0.25, 0.3) is 0 Å². The highest BCUT2D eigenvalue weighted by molar-refractivity contribution is 8.18. The van der Waals surface area contributed by atoms with Crippen molar-refractivity contribution >= 4 is 23.5 Å². The van der Waals surface area contributed by atoms with Crippen LogP contribution in [-0.2, 0) is 9.49 Å². The van der Waals surface area contributed by atoms with Crippen LogP contribution in [0.15, 0.2) is 30.3 Å². The zero-order valence-corrected chi connectivity index (χ0v) is 26.2. The van der Waals surface area contributed by atoms with Crippen LogP contribution >= 0.6 is 23.5 Å². The van der Waals surface area contributed by atoms with Crippen LogP contribution in [0.2, 0.25) is 0 Å². The van der Waals surface area contributed by atoms with Crippen LogP contribution in [0.25, 0.3) is 0 Å². The van der Waals surface area contributed by atoms with E-state index in [9.17, 15) is 0 Å². The number of methoxy groups -OCH3 is 5.